The lowest BCUT2D eigenvalue weighted by Gasteiger charge is -2.33. The second kappa shape index (κ2) is 6.90. The van der Waals surface area contributed by atoms with Crippen molar-refractivity contribution in [1.29, 1.82) is 0 Å². The second-order valence-electron chi connectivity index (χ2n) is 6.54. The minimum absolute atomic E-state index is 0.156. The van der Waals surface area contributed by atoms with Crippen LogP contribution in [-0.4, -0.2) is 34.1 Å². The average molecular weight is 373 g/mol. The van der Waals surface area contributed by atoms with E-state index in [0.717, 1.165) is 36.6 Å². The van der Waals surface area contributed by atoms with Crippen LogP contribution in [0.1, 0.15) is 18.5 Å². The van der Waals surface area contributed by atoms with Gasteiger partial charge in [0.05, 0.1) is 17.3 Å². The van der Waals surface area contributed by atoms with Crippen molar-refractivity contribution in [3.05, 3.63) is 41.9 Å². The maximum Gasteiger partial charge on any atom is 0.263 e. The molecule has 3 aromatic rings. The molecule has 1 aromatic carbocycles. The van der Waals surface area contributed by atoms with Crippen molar-refractivity contribution in [2.45, 2.75) is 19.8 Å². The van der Waals surface area contributed by atoms with Crippen molar-refractivity contribution in [2.24, 2.45) is 5.92 Å². The number of aryl methyl sites for hydroxylation is 1. The van der Waals surface area contributed by atoms with Gasteiger partial charge in [-0.15, -0.1) is 0 Å². The van der Waals surface area contributed by atoms with Crippen LogP contribution in [0, 0.1) is 24.5 Å². The third-order valence-electron chi connectivity index (χ3n) is 4.70. The molecule has 1 saturated heterocycles. The molecule has 140 valence electrons. The first kappa shape index (κ1) is 17.3. The predicted octanol–water partition coefficient (Wildman–Crippen LogP) is 3.06. The highest BCUT2D eigenvalue weighted by atomic mass is 19.1. The van der Waals surface area contributed by atoms with Crippen LogP contribution in [0.15, 0.2) is 29.0 Å². The number of carbonyl (C=O) groups excluding carboxylic acids is 1. The number of amides is 1. The summed E-state index contributed by atoms with van der Waals surface area (Å²) in [6.45, 7) is 2.92. The fourth-order valence-electron chi connectivity index (χ4n) is 3.36. The molecular weight excluding hydrogens is 356 g/mol. The van der Waals surface area contributed by atoms with E-state index in [-0.39, 0.29) is 17.5 Å². The normalized spacial score (nSPS) is 17.3. The van der Waals surface area contributed by atoms with Crippen LogP contribution in [0.4, 0.5) is 20.3 Å². The quantitative estimate of drug-likeness (QED) is 0.760. The molecule has 0 radical (unpaired) electrons. The van der Waals surface area contributed by atoms with Gasteiger partial charge in [0.25, 0.3) is 5.71 Å². The van der Waals surface area contributed by atoms with E-state index in [9.17, 15) is 13.6 Å². The monoisotopic (exact) mass is 373 g/mol. The number of halogens is 2. The molecule has 1 aliphatic heterocycles. The summed E-state index contributed by atoms with van der Waals surface area (Å²) in [5.41, 5.74) is 0.913. The van der Waals surface area contributed by atoms with Crippen molar-refractivity contribution in [3.8, 4) is 0 Å². The molecule has 1 aliphatic rings. The number of anilines is 2. The zero-order valence-corrected chi connectivity index (χ0v) is 14.6. The lowest BCUT2D eigenvalue weighted by molar-refractivity contribution is -0.120. The van der Waals surface area contributed by atoms with E-state index >= 15 is 0 Å². The highest BCUT2D eigenvalue weighted by molar-refractivity contribution is 5.94. The summed E-state index contributed by atoms with van der Waals surface area (Å²) in [7, 11) is 0. The fourth-order valence-corrected chi connectivity index (χ4v) is 3.36. The maximum atomic E-state index is 13.8. The summed E-state index contributed by atoms with van der Waals surface area (Å²) in [4.78, 5) is 23.0. The number of aromatic nitrogens is 3. The third kappa shape index (κ3) is 3.32. The molecule has 0 aliphatic carbocycles. The first-order valence-corrected chi connectivity index (χ1v) is 8.61. The zero-order chi connectivity index (χ0) is 19.0. The zero-order valence-electron chi connectivity index (χ0n) is 14.6. The maximum absolute atomic E-state index is 13.8. The minimum Gasteiger partial charge on any atom is -0.355 e. The van der Waals surface area contributed by atoms with Gasteiger partial charge in [-0.25, -0.2) is 13.8 Å². The van der Waals surface area contributed by atoms with Crippen LogP contribution in [0.3, 0.4) is 0 Å². The molecule has 2 aromatic heterocycles. The van der Waals surface area contributed by atoms with Crippen LogP contribution in [0.25, 0.3) is 11.1 Å². The Bertz CT molecular complexity index is 1010. The Labute approximate surface area is 153 Å². The van der Waals surface area contributed by atoms with E-state index in [1.807, 2.05) is 4.90 Å². The predicted molar refractivity (Wildman–Crippen MR) is 94.3 cm³/mol. The molecule has 1 N–H and O–H groups in total. The fraction of sp³-hybridized carbons (Fsp3) is 0.333. The summed E-state index contributed by atoms with van der Waals surface area (Å²) in [6, 6.07) is 2.97. The molecule has 9 heteroatoms. The molecular formula is C18H17F2N5O2. The summed E-state index contributed by atoms with van der Waals surface area (Å²) >= 11 is 0. The van der Waals surface area contributed by atoms with Crippen molar-refractivity contribution in [3.63, 3.8) is 0 Å². The minimum atomic E-state index is -0.671. The van der Waals surface area contributed by atoms with Crippen molar-refractivity contribution >= 4 is 28.5 Å². The highest BCUT2D eigenvalue weighted by Crippen LogP contribution is 2.30. The number of nitrogens with zero attached hydrogens (tertiary/aromatic N) is 4. The summed E-state index contributed by atoms with van der Waals surface area (Å²) < 4.78 is 32.3. The molecule has 7 nitrogen and oxygen atoms in total. The van der Waals surface area contributed by atoms with Crippen LogP contribution in [-0.2, 0) is 4.79 Å². The van der Waals surface area contributed by atoms with Gasteiger partial charge < -0.3 is 14.7 Å². The van der Waals surface area contributed by atoms with Gasteiger partial charge in [0, 0.05) is 19.2 Å². The van der Waals surface area contributed by atoms with Gasteiger partial charge in [0.15, 0.2) is 0 Å². The van der Waals surface area contributed by atoms with Gasteiger partial charge in [-0.2, -0.15) is 4.98 Å². The average Bonchev–Trinajstić information content (AvgIpc) is 3.06. The Kier molecular flexibility index (Phi) is 4.43. The van der Waals surface area contributed by atoms with Gasteiger partial charge in [-0.3, -0.25) is 4.79 Å². The first-order chi connectivity index (χ1) is 13.0. The van der Waals surface area contributed by atoms with Gasteiger partial charge in [-0.1, -0.05) is 5.16 Å². The van der Waals surface area contributed by atoms with Crippen LogP contribution >= 0.6 is 0 Å². The molecule has 1 amide bonds. The Morgan fingerprint density at radius 2 is 2.19 bits per heavy atom. The lowest BCUT2D eigenvalue weighted by atomic mass is 9.96. The second-order valence-corrected chi connectivity index (χ2v) is 6.54. The molecule has 4 rings (SSSR count). The third-order valence-corrected chi connectivity index (χ3v) is 4.70. The van der Waals surface area contributed by atoms with Gasteiger partial charge in [-0.05, 0) is 31.9 Å². The lowest BCUT2D eigenvalue weighted by Crippen LogP contribution is -2.41. The molecule has 27 heavy (non-hydrogen) atoms. The van der Waals surface area contributed by atoms with Crippen molar-refractivity contribution < 1.29 is 18.1 Å². The molecule has 0 unspecified atom stereocenters. The Morgan fingerprint density at radius 3 is 3.04 bits per heavy atom. The smallest absolute Gasteiger partial charge is 0.263 e. The van der Waals surface area contributed by atoms with E-state index in [0.29, 0.717) is 30.2 Å². The SMILES string of the molecule is Cc1noc2ncnc(N3CCC[C@H](C(=O)Nc4cc(F)ccc4F)C3)c12. The first-order valence-electron chi connectivity index (χ1n) is 8.61. The van der Waals surface area contributed by atoms with Gasteiger partial charge in [0.1, 0.15) is 29.2 Å². The van der Waals surface area contributed by atoms with E-state index in [2.05, 4.69) is 20.4 Å². The molecule has 1 atom stereocenters. The summed E-state index contributed by atoms with van der Waals surface area (Å²) in [6.07, 6.45) is 2.81. The van der Waals surface area contributed by atoms with Crippen LogP contribution in [0.5, 0.6) is 0 Å². The molecule has 0 saturated carbocycles. The van der Waals surface area contributed by atoms with Crippen molar-refractivity contribution in [2.75, 3.05) is 23.3 Å². The molecule has 1 fully saturated rings. The molecule has 0 bridgehead atoms. The Balaban J connectivity index is 1.55. The Morgan fingerprint density at radius 1 is 1.33 bits per heavy atom. The van der Waals surface area contributed by atoms with Crippen LogP contribution < -0.4 is 10.2 Å². The van der Waals surface area contributed by atoms with Gasteiger partial charge >= 0.3 is 0 Å². The number of rotatable bonds is 3. The number of benzene rings is 1. The number of nitrogens with one attached hydrogen (secondary N) is 1. The summed E-state index contributed by atoms with van der Waals surface area (Å²) in [5.74, 6) is -1.35. The number of hydrogen-bond donors (Lipinski definition) is 1. The largest absolute Gasteiger partial charge is 0.355 e. The van der Waals surface area contributed by atoms with E-state index in [1.165, 1.54) is 6.33 Å². The Hall–Kier alpha value is -3.10. The van der Waals surface area contributed by atoms with E-state index < -0.39 is 11.6 Å². The van der Waals surface area contributed by atoms with Gasteiger partial charge in [0.2, 0.25) is 5.91 Å². The van der Waals surface area contributed by atoms with E-state index in [4.69, 9.17) is 4.52 Å². The highest BCUT2D eigenvalue weighted by Gasteiger charge is 2.29. The topological polar surface area (TPSA) is 84.2 Å². The van der Waals surface area contributed by atoms with E-state index in [1.54, 1.807) is 6.92 Å². The number of carbonyl (C=O) groups is 1. The van der Waals surface area contributed by atoms with Crippen LogP contribution in [0.2, 0.25) is 0 Å². The number of piperidine rings is 1. The standard InChI is InChI=1S/C18H17F2N5O2/c1-10-15-16(21-9-22-18(15)27-24-10)25-6-2-3-11(8-25)17(26)23-14-7-12(19)4-5-13(14)20/h4-5,7,9,11H,2-3,6,8H2,1H3,(H,23,26)/t11-/m0/s1. The van der Waals surface area contributed by atoms with Crippen molar-refractivity contribution in [1.82, 2.24) is 15.1 Å². The number of fused-ring (bicyclic) bond motifs is 1. The number of hydrogen-bond acceptors (Lipinski definition) is 6. The summed E-state index contributed by atoms with van der Waals surface area (Å²) in [5, 5.41) is 7.13. The molecule has 3 heterocycles. The molecule has 0 spiro atoms.